The average Bonchev–Trinajstić information content (AvgIpc) is 2.36. The monoisotopic (exact) mass is 323 g/mol. The Kier molecular flexibility index (Phi) is 6.86. The summed E-state index contributed by atoms with van der Waals surface area (Å²) in [5.41, 5.74) is 0.0829. The molecule has 0 aliphatic heterocycles. The van der Waals surface area contributed by atoms with Gasteiger partial charge in [-0.2, -0.15) is 0 Å². The van der Waals surface area contributed by atoms with E-state index >= 15 is 0 Å². The molecule has 2 rings (SSSR count). The van der Waals surface area contributed by atoms with Crippen molar-refractivity contribution in [3.63, 3.8) is 0 Å². The fourth-order valence-electron chi connectivity index (χ4n) is 1.75. The van der Waals surface area contributed by atoms with E-state index in [1.54, 1.807) is 6.92 Å². The molecule has 2 nitrogen and oxygen atoms in total. The minimum absolute atomic E-state index is 0. The van der Waals surface area contributed by atoms with E-state index in [0.717, 1.165) is 12.3 Å². The van der Waals surface area contributed by atoms with Gasteiger partial charge in [-0.1, -0.05) is 23.2 Å². The molecular weight excluding hydrogens is 312 g/mol. The molecule has 0 unspecified atom stereocenters. The van der Waals surface area contributed by atoms with Crippen molar-refractivity contribution in [2.24, 2.45) is 0 Å². The fraction of sp³-hybridized carbons (Fsp3) is 0.154. The van der Waals surface area contributed by atoms with Crippen LogP contribution in [-0.2, 0) is 6.61 Å². The van der Waals surface area contributed by atoms with Crippen LogP contribution in [0.1, 0.15) is 11.1 Å². The first-order valence-corrected chi connectivity index (χ1v) is 5.89. The maximum atomic E-state index is 12.9. The molecule has 2 aromatic rings. The second-order valence-corrected chi connectivity index (χ2v) is 4.42. The van der Waals surface area contributed by atoms with Gasteiger partial charge in [-0.05, 0) is 19.1 Å². The summed E-state index contributed by atoms with van der Waals surface area (Å²) in [6.07, 6.45) is 2.36. The Hall–Kier alpha value is -0.409. The molecule has 0 radical (unpaired) electrons. The maximum absolute atomic E-state index is 12.9. The van der Waals surface area contributed by atoms with Gasteiger partial charge in [-0.3, -0.25) is 4.98 Å². The quantitative estimate of drug-likeness (QED) is 0.591. The smallest absolute Gasteiger partial charge is 0.492 e. The number of hydrogen-bond acceptors (Lipinski definition) is 2. The van der Waals surface area contributed by atoms with Crippen LogP contribution in [0, 0.1) is 12.7 Å². The van der Waals surface area contributed by atoms with E-state index in [2.05, 4.69) is 4.98 Å². The Bertz CT molecular complexity index is 621. The van der Waals surface area contributed by atoms with E-state index in [1.807, 2.05) is 0 Å². The topological polar surface area (TPSA) is 22.1 Å². The molecule has 1 aromatic carbocycles. The summed E-state index contributed by atoms with van der Waals surface area (Å²) < 4.78 is 56.9. The summed E-state index contributed by atoms with van der Waals surface area (Å²) in [4.78, 5) is 3.61. The van der Waals surface area contributed by atoms with Gasteiger partial charge in [0, 0.05) is 11.8 Å². The zero-order chi connectivity index (χ0) is 14.8. The number of aryl methyl sites for hydroxylation is 1. The number of nitrogens with zero attached hydrogens (tertiary/aromatic N) is 1. The summed E-state index contributed by atoms with van der Waals surface area (Å²) in [5, 5.41) is 0. The minimum atomic E-state index is -5.16. The maximum Gasteiger partial charge on any atom is 1.00 e. The molecule has 0 atom stereocenters. The van der Waals surface area contributed by atoms with E-state index in [9.17, 15) is 17.3 Å². The first kappa shape index (κ1) is 18.6. The molecule has 8 heteroatoms. The van der Waals surface area contributed by atoms with Crippen molar-refractivity contribution >= 4 is 12.4 Å². The molecule has 0 aliphatic rings. The standard InChI is InChI=1S/C13H11BF4NO.K/c1-9-2-3-13(12(4-9)14(16,17)18)20-8-10-5-11(15)7-19-6-10;/h2-7H,8H2,1H3;/q-1;+1. The van der Waals surface area contributed by atoms with E-state index in [1.165, 1.54) is 24.4 Å². The summed E-state index contributed by atoms with van der Waals surface area (Å²) in [6, 6.07) is 5.01. The second-order valence-electron chi connectivity index (χ2n) is 4.42. The summed E-state index contributed by atoms with van der Waals surface area (Å²) in [6.45, 7) is -3.76. The van der Waals surface area contributed by atoms with E-state index in [0.29, 0.717) is 11.1 Å². The van der Waals surface area contributed by atoms with Gasteiger partial charge in [0.05, 0.1) is 11.9 Å². The fourth-order valence-corrected chi connectivity index (χ4v) is 1.75. The zero-order valence-electron chi connectivity index (χ0n) is 11.6. The van der Waals surface area contributed by atoms with Gasteiger partial charge >= 0.3 is 58.4 Å². The number of benzene rings is 1. The third-order valence-corrected chi connectivity index (χ3v) is 2.67. The summed E-state index contributed by atoms with van der Waals surface area (Å²) in [7, 11) is 0. The van der Waals surface area contributed by atoms with Crippen molar-refractivity contribution in [2.45, 2.75) is 13.5 Å². The van der Waals surface area contributed by atoms with E-state index in [-0.39, 0.29) is 63.7 Å². The molecule has 0 bridgehead atoms. The number of rotatable bonds is 4. The molecule has 106 valence electrons. The van der Waals surface area contributed by atoms with Crippen molar-refractivity contribution in [3.05, 3.63) is 53.6 Å². The molecular formula is C13H11BF4KNO. The van der Waals surface area contributed by atoms with Gasteiger partial charge in [0.25, 0.3) is 0 Å². The number of ether oxygens (including phenoxy) is 1. The SMILES string of the molecule is Cc1ccc(OCc2cncc(F)c2)c([B-](F)(F)F)c1.[K+]. The van der Waals surface area contributed by atoms with Crippen LogP contribution in [-0.4, -0.2) is 12.0 Å². The largest absolute Gasteiger partial charge is 1.00 e. The van der Waals surface area contributed by atoms with Crippen molar-refractivity contribution in [3.8, 4) is 5.75 Å². The van der Waals surface area contributed by atoms with Crippen LogP contribution in [0.3, 0.4) is 0 Å². The third kappa shape index (κ3) is 5.37. The van der Waals surface area contributed by atoms with Crippen molar-refractivity contribution in [1.82, 2.24) is 4.98 Å². The molecule has 0 spiro atoms. The molecule has 0 saturated heterocycles. The number of hydrogen-bond donors (Lipinski definition) is 0. The van der Waals surface area contributed by atoms with Gasteiger partial charge in [0.2, 0.25) is 0 Å². The van der Waals surface area contributed by atoms with Crippen molar-refractivity contribution in [1.29, 1.82) is 0 Å². The predicted molar refractivity (Wildman–Crippen MR) is 68.4 cm³/mol. The molecule has 0 fully saturated rings. The zero-order valence-corrected chi connectivity index (χ0v) is 14.7. The van der Waals surface area contributed by atoms with E-state index in [4.69, 9.17) is 4.74 Å². The van der Waals surface area contributed by atoms with Crippen LogP contribution in [0.5, 0.6) is 5.75 Å². The third-order valence-electron chi connectivity index (χ3n) is 2.67. The van der Waals surface area contributed by atoms with E-state index < -0.39 is 18.3 Å². The molecule has 0 saturated carbocycles. The Morgan fingerprint density at radius 3 is 2.48 bits per heavy atom. The average molecular weight is 323 g/mol. The second kappa shape index (κ2) is 7.73. The Balaban J connectivity index is 0.00000220. The number of aromatic nitrogens is 1. The van der Waals surface area contributed by atoms with Gasteiger partial charge in [0.1, 0.15) is 12.4 Å². The molecule has 21 heavy (non-hydrogen) atoms. The van der Waals surface area contributed by atoms with Gasteiger partial charge in [-0.25, -0.2) is 4.39 Å². The first-order chi connectivity index (χ1) is 9.36. The van der Waals surface area contributed by atoms with Gasteiger partial charge in [0.15, 0.2) is 0 Å². The van der Waals surface area contributed by atoms with Crippen LogP contribution in [0.4, 0.5) is 17.3 Å². The Morgan fingerprint density at radius 1 is 1.14 bits per heavy atom. The van der Waals surface area contributed by atoms with Crippen molar-refractivity contribution < 1.29 is 73.5 Å². The van der Waals surface area contributed by atoms with Crippen LogP contribution < -0.4 is 61.6 Å². The molecule has 1 aromatic heterocycles. The number of pyridine rings is 1. The van der Waals surface area contributed by atoms with Crippen molar-refractivity contribution in [2.75, 3.05) is 0 Å². The molecule has 0 amide bonds. The normalized spacial score (nSPS) is 10.9. The Morgan fingerprint density at radius 2 is 1.86 bits per heavy atom. The molecule has 0 aliphatic carbocycles. The van der Waals surface area contributed by atoms with Gasteiger partial charge in [-0.15, -0.1) is 0 Å². The summed E-state index contributed by atoms with van der Waals surface area (Å²) in [5.74, 6) is -0.817. The molecule has 0 N–H and O–H groups in total. The Labute approximate surface area is 162 Å². The van der Waals surface area contributed by atoms with Gasteiger partial charge < -0.3 is 17.7 Å². The summed E-state index contributed by atoms with van der Waals surface area (Å²) >= 11 is 0. The van der Waals surface area contributed by atoms with Crippen LogP contribution >= 0.6 is 0 Å². The first-order valence-electron chi connectivity index (χ1n) is 5.89. The predicted octanol–water partition coefficient (Wildman–Crippen LogP) is 0.167. The number of halogens is 4. The van der Waals surface area contributed by atoms with Crippen LogP contribution in [0.25, 0.3) is 0 Å². The minimum Gasteiger partial charge on any atom is -0.492 e. The van der Waals surface area contributed by atoms with Crippen LogP contribution in [0.15, 0.2) is 36.7 Å². The molecule has 1 heterocycles. The van der Waals surface area contributed by atoms with Crippen LogP contribution in [0.2, 0.25) is 0 Å².